The minimum Gasteiger partial charge on any atom is -0.298 e. The first-order valence-electron chi connectivity index (χ1n) is 6.90. The third-order valence-electron chi connectivity index (χ3n) is 3.36. The second-order valence-corrected chi connectivity index (χ2v) is 5.85. The number of anilines is 1. The number of nitriles is 1. The van der Waals surface area contributed by atoms with E-state index in [0.717, 1.165) is 16.6 Å². The van der Waals surface area contributed by atoms with Gasteiger partial charge in [0.15, 0.2) is 5.13 Å². The van der Waals surface area contributed by atoms with Crippen molar-refractivity contribution in [1.29, 1.82) is 5.26 Å². The molecule has 1 aromatic heterocycles. The van der Waals surface area contributed by atoms with E-state index in [1.54, 1.807) is 24.3 Å². The van der Waals surface area contributed by atoms with Gasteiger partial charge in [-0.1, -0.05) is 24.3 Å². The fourth-order valence-electron chi connectivity index (χ4n) is 2.11. The lowest BCUT2D eigenvalue weighted by atomic mass is 10.1. The first-order valence-corrected chi connectivity index (χ1v) is 7.72. The standard InChI is InChI=1S/C17H13N3OS/c1-2-11-5-8-14-15(9-11)22-17(19-14)20-16(21)13-6-3-12(10-18)4-7-13/h3-9H,2H2,1H3,(H,19,20,21). The normalized spacial score (nSPS) is 10.4. The Labute approximate surface area is 132 Å². The maximum absolute atomic E-state index is 12.2. The number of hydrogen-bond donors (Lipinski definition) is 1. The van der Waals surface area contributed by atoms with Crippen molar-refractivity contribution >= 4 is 32.6 Å². The van der Waals surface area contributed by atoms with Gasteiger partial charge in [-0.2, -0.15) is 5.26 Å². The summed E-state index contributed by atoms with van der Waals surface area (Å²) in [7, 11) is 0. The second-order valence-electron chi connectivity index (χ2n) is 4.82. The first-order chi connectivity index (χ1) is 10.7. The lowest BCUT2D eigenvalue weighted by Crippen LogP contribution is -2.11. The van der Waals surface area contributed by atoms with E-state index in [1.165, 1.54) is 16.9 Å². The van der Waals surface area contributed by atoms with Crippen LogP contribution in [-0.2, 0) is 6.42 Å². The minimum absolute atomic E-state index is 0.223. The number of carbonyl (C=O) groups is 1. The van der Waals surface area contributed by atoms with Crippen LogP contribution < -0.4 is 5.32 Å². The smallest absolute Gasteiger partial charge is 0.257 e. The number of nitrogens with one attached hydrogen (secondary N) is 1. The maximum atomic E-state index is 12.2. The van der Waals surface area contributed by atoms with Crippen LogP contribution in [-0.4, -0.2) is 10.9 Å². The molecule has 0 atom stereocenters. The average molecular weight is 307 g/mol. The van der Waals surface area contributed by atoms with E-state index in [-0.39, 0.29) is 5.91 Å². The highest BCUT2D eigenvalue weighted by Crippen LogP contribution is 2.27. The van der Waals surface area contributed by atoms with Gasteiger partial charge in [0.1, 0.15) is 0 Å². The topological polar surface area (TPSA) is 65.8 Å². The molecule has 4 nitrogen and oxygen atoms in total. The molecular formula is C17H13N3OS. The number of thiazole rings is 1. The molecule has 2 aromatic carbocycles. The molecule has 5 heteroatoms. The molecule has 0 unspecified atom stereocenters. The van der Waals surface area contributed by atoms with E-state index in [1.807, 2.05) is 18.2 Å². The van der Waals surface area contributed by atoms with Gasteiger partial charge in [-0.25, -0.2) is 4.98 Å². The number of hydrogen-bond acceptors (Lipinski definition) is 4. The molecular weight excluding hydrogens is 294 g/mol. The molecule has 0 spiro atoms. The van der Waals surface area contributed by atoms with Crippen LogP contribution in [0.5, 0.6) is 0 Å². The zero-order chi connectivity index (χ0) is 15.5. The number of aryl methyl sites for hydroxylation is 1. The molecule has 3 rings (SSSR count). The predicted octanol–water partition coefficient (Wildman–Crippen LogP) is 3.98. The highest BCUT2D eigenvalue weighted by atomic mass is 32.1. The molecule has 0 radical (unpaired) electrons. The van der Waals surface area contributed by atoms with E-state index < -0.39 is 0 Å². The quantitative estimate of drug-likeness (QED) is 0.796. The van der Waals surface area contributed by atoms with E-state index in [0.29, 0.717) is 16.3 Å². The van der Waals surface area contributed by atoms with Crippen molar-refractivity contribution in [3.8, 4) is 6.07 Å². The molecule has 0 aliphatic carbocycles. The zero-order valence-electron chi connectivity index (χ0n) is 12.0. The van der Waals surface area contributed by atoms with Crippen LogP contribution in [0.1, 0.15) is 28.4 Å². The summed E-state index contributed by atoms with van der Waals surface area (Å²) in [4.78, 5) is 16.6. The van der Waals surface area contributed by atoms with Gasteiger partial charge in [0.2, 0.25) is 0 Å². The molecule has 1 heterocycles. The molecule has 0 bridgehead atoms. The van der Waals surface area contributed by atoms with E-state index in [4.69, 9.17) is 5.26 Å². The summed E-state index contributed by atoms with van der Waals surface area (Å²) in [6.45, 7) is 2.11. The molecule has 1 amide bonds. The van der Waals surface area contributed by atoms with Crippen LogP contribution in [0, 0.1) is 11.3 Å². The summed E-state index contributed by atoms with van der Waals surface area (Å²) in [5, 5.41) is 12.2. The molecule has 0 fully saturated rings. The van der Waals surface area contributed by atoms with Crippen LogP contribution in [0.25, 0.3) is 10.2 Å². The number of carbonyl (C=O) groups excluding carboxylic acids is 1. The van der Waals surface area contributed by atoms with Crippen LogP contribution in [0.2, 0.25) is 0 Å². The minimum atomic E-state index is -0.223. The van der Waals surface area contributed by atoms with Gasteiger partial charge in [-0.15, -0.1) is 0 Å². The molecule has 0 saturated carbocycles. The Morgan fingerprint density at radius 1 is 1.27 bits per heavy atom. The Morgan fingerprint density at radius 2 is 2.05 bits per heavy atom. The van der Waals surface area contributed by atoms with Crippen molar-refractivity contribution in [2.75, 3.05) is 5.32 Å². The molecule has 108 valence electrons. The molecule has 3 aromatic rings. The van der Waals surface area contributed by atoms with Gasteiger partial charge in [0.05, 0.1) is 21.8 Å². The third kappa shape index (κ3) is 2.83. The third-order valence-corrected chi connectivity index (χ3v) is 4.29. The Morgan fingerprint density at radius 3 is 2.73 bits per heavy atom. The van der Waals surface area contributed by atoms with Crippen molar-refractivity contribution in [1.82, 2.24) is 4.98 Å². The Kier molecular flexibility index (Phi) is 3.86. The summed E-state index contributed by atoms with van der Waals surface area (Å²) in [5.41, 5.74) is 3.18. The van der Waals surface area contributed by atoms with Gasteiger partial charge in [-0.3, -0.25) is 10.1 Å². The number of rotatable bonds is 3. The van der Waals surface area contributed by atoms with Crippen molar-refractivity contribution < 1.29 is 4.79 Å². The van der Waals surface area contributed by atoms with E-state index >= 15 is 0 Å². The Balaban J connectivity index is 1.82. The predicted molar refractivity (Wildman–Crippen MR) is 88.1 cm³/mol. The van der Waals surface area contributed by atoms with Crippen LogP contribution in [0.3, 0.4) is 0 Å². The van der Waals surface area contributed by atoms with Gasteiger partial charge >= 0.3 is 0 Å². The summed E-state index contributed by atoms with van der Waals surface area (Å²) < 4.78 is 1.06. The SMILES string of the molecule is CCc1ccc2nc(NC(=O)c3ccc(C#N)cc3)sc2c1. The first kappa shape index (κ1) is 14.2. The van der Waals surface area contributed by atoms with Gasteiger partial charge < -0.3 is 0 Å². The summed E-state index contributed by atoms with van der Waals surface area (Å²) in [6.07, 6.45) is 0.973. The second kappa shape index (κ2) is 5.96. The number of aromatic nitrogens is 1. The van der Waals surface area contributed by atoms with Gasteiger partial charge in [0.25, 0.3) is 5.91 Å². The number of amides is 1. The molecule has 0 aliphatic heterocycles. The fourth-order valence-corrected chi connectivity index (χ4v) is 3.03. The van der Waals surface area contributed by atoms with Crippen molar-refractivity contribution in [3.63, 3.8) is 0 Å². The summed E-state index contributed by atoms with van der Waals surface area (Å²) >= 11 is 1.46. The Hall–Kier alpha value is -2.71. The van der Waals surface area contributed by atoms with Crippen LogP contribution >= 0.6 is 11.3 Å². The maximum Gasteiger partial charge on any atom is 0.257 e. The zero-order valence-corrected chi connectivity index (χ0v) is 12.8. The fraction of sp³-hybridized carbons (Fsp3) is 0.118. The van der Waals surface area contributed by atoms with Crippen molar-refractivity contribution in [3.05, 3.63) is 59.2 Å². The molecule has 1 N–H and O–H groups in total. The van der Waals surface area contributed by atoms with Crippen molar-refractivity contribution in [2.45, 2.75) is 13.3 Å². The Bertz CT molecular complexity index is 875. The number of nitrogens with zero attached hydrogens (tertiary/aromatic N) is 2. The lowest BCUT2D eigenvalue weighted by Gasteiger charge is -2.01. The van der Waals surface area contributed by atoms with E-state index in [9.17, 15) is 4.79 Å². The number of fused-ring (bicyclic) bond motifs is 1. The van der Waals surface area contributed by atoms with Gasteiger partial charge in [0, 0.05) is 5.56 Å². The van der Waals surface area contributed by atoms with E-state index in [2.05, 4.69) is 23.3 Å². The molecule has 0 aliphatic rings. The molecule has 0 saturated heterocycles. The highest BCUT2D eigenvalue weighted by molar-refractivity contribution is 7.22. The summed E-state index contributed by atoms with van der Waals surface area (Å²) in [6, 6.07) is 14.7. The van der Waals surface area contributed by atoms with Crippen LogP contribution in [0.4, 0.5) is 5.13 Å². The van der Waals surface area contributed by atoms with Gasteiger partial charge in [-0.05, 0) is 48.4 Å². The number of benzene rings is 2. The molecule has 22 heavy (non-hydrogen) atoms. The van der Waals surface area contributed by atoms with Crippen molar-refractivity contribution in [2.24, 2.45) is 0 Å². The largest absolute Gasteiger partial charge is 0.298 e. The highest BCUT2D eigenvalue weighted by Gasteiger charge is 2.10. The lowest BCUT2D eigenvalue weighted by molar-refractivity contribution is 0.102. The monoisotopic (exact) mass is 307 g/mol. The van der Waals surface area contributed by atoms with Crippen LogP contribution in [0.15, 0.2) is 42.5 Å². The summed E-state index contributed by atoms with van der Waals surface area (Å²) in [5.74, 6) is -0.223. The average Bonchev–Trinajstić information content (AvgIpc) is 2.95.